The Balaban J connectivity index is 1.75. The predicted molar refractivity (Wildman–Crippen MR) is 77.6 cm³/mol. The van der Waals surface area contributed by atoms with E-state index in [0.717, 1.165) is 22.9 Å². The van der Waals surface area contributed by atoms with Crippen LogP contribution in [0.4, 0.5) is 0 Å². The van der Waals surface area contributed by atoms with E-state index in [0.29, 0.717) is 6.04 Å². The second kappa shape index (κ2) is 6.22. The van der Waals surface area contributed by atoms with Crippen LogP contribution < -0.4 is 5.32 Å². The summed E-state index contributed by atoms with van der Waals surface area (Å²) < 4.78 is 6.37. The smallest absolute Gasteiger partial charge is 0.169 e. The van der Waals surface area contributed by atoms with Crippen LogP contribution in [0.3, 0.4) is 0 Å². The third-order valence-electron chi connectivity index (χ3n) is 3.78. The highest BCUT2D eigenvalue weighted by Gasteiger charge is 2.24. The van der Waals surface area contributed by atoms with Gasteiger partial charge >= 0.3 is 0 Å². The monoisotopic (exact) mass is 314 g/mol. The molecule has 1 aliphatic rings. The van der Waals surface area contributed by atoms with Gasteiger partial charge in [-0.25, -0.2) is 0 Å². The summed E-state index contributed by atoms with van der Waals surface area (Å²) in [5, 5.41) is 3.57. The summed E-state index contributed by atoms with van der Waals surface area (Å²) in [5.41, 5.74) is 0. The van der Waals surface area contributed by atoms with Crippen molar-refractivity contribution in [1.29, 1.82) is 0 Å². The molecule has 1 aromatic heterocycles. The quantitative estimate of drug-likeness (QED) is 0.902. The average Bonchev–Trinajstić information content (AvgIpc) is 2.94. The van der Waals surface area contributed by atoms with Gasteiger partial charge in [-0.1, -0.05) is 0 Å². The molecular formula is C14H23BrN2O. The van der Waals surface area contributed by atoms with Gasteiger partial charge in [-0.15, -0.1) is 0 Å². The third kappa shape index (κ3) is 3.59. The first kappa shape index (κ1) is 14.1. The van der Waals surface area contributed by atoms with Gasteiger partial charge in [0.2, 0.25) is 0 Å². The number of furan rings is 1. The summed E-state index contributed by atoms with van der Waals surface area (Å²) in [6, 6.07) is 4.93. The van der Waals surface area contributed by atoms with Crippen molar-refractivity contribution >= 4 is 15.9 Å². The first-order valence-corrected chi connectivity index (χ1v) is 7.58. The summed E-state index contributed by atoms with van der Waals surface area (Å²) in [5.74, 6) is 1.77. The van der Waals surface area contributed by atoms with E-state index in [-0.39, 0.29) is 6.04 Å². The number of halogens is 1. The zero-order chi connectivity index (χ0) is 13.1. The van der Waals surface area contributed by atoms with E-state index in [1.807, 2.05) is 12.1 Å². The van der Waals surface area contributed by atoms with Crippen molar-refractivity contribution in [3.63, 3.8) is 0 Å². The topological polar surface area (TPSA) is 28.4 Å². The predicted octanol–water partition coefficient (Wildman–Crippen LogP) is 3.42. The zero-order valence-electron chi connectivity index (χ0n) is 11.4. The van der Waals surface area contributed by atoms with E-state index in [2.05, 4.69) is 46.9 Å². The summed E-state index contributed by atoms with van der Waals surface area (Å²) in [4.78, 5) is 2.56. The van der Waals surface area contributed by atoms with Crippen LogP contribution >= 0.6 is 15.9 Å². The minimum absolute atomic E-state index is 0.282. The van der Waals surface area contributed by atoms with Gasteiger partial charge in [0, 0.05) is 12.6 Å². The molecule has 1 saturated heterocycles. The molecule has 1 N–H and O–H groups in total. The van der Waals surface area contributed by atoms with Gasteiger partial charge in [-0.05, 0) is 74.3 Å². The Hall–Kier alpha value is -0.320. The van der Waals surface area contributed by atoms with E-state index in [9.17, 15) is 0 Å². The van der Waals surface area contributed by atoms with Crippen molar-refractivity contribution in [2.45, 2.75) is 39.3 Å². The Labute approximate surface area is 118 Å². The first-order valence-electron chi connectivity index (χ1n) is 6.79. The molecule has 1 aromatic rings. The second-order valence-electron chi connectivity index (χ2n) is 5.52. The standard InChI is InChI=1S/C14H23BrN2O/c1-10(2)17-7-6-12(9-17)8-16-11(3)13-4-5-14(15)18-13/h4-5,10-12,16H,6-9H2,1-3H3. The summed E-state index contributed by atoms with van der Waals surface area (Å²) in [6.45, 7) is 10.2. The molecule has 0 amide bonds. The third-order valence-corrected chi connectivity index (χ3v) is 4.21. The van der Waals surface area contributed by atoms with Gasteiger partial charge in [0.25, 0.3) is 0 Å². The van der Waals surface area contributed by atoms with Crippen molar-refractivity contribution in [2.75, 3.05) is 19.6 Å². The van der Waals surface area contributed by atoms with Crippen LogP contribution in [0.15, 0.2) is 21.2 Å². The van der Waals surface area contributed by atoms with Crippen LogP contribution in [0.25, 0.3) is 0 Å². The lowest BCUT2D eigenvalue weighted by Crippen LogP contribution is -2.31. The molecule has 2 unspecified atom stereocenters. The van der Waals surface area contributed by atoms with Crippen molar-refractivity contribution in [1.82, 2.24) is 10.2 Å². The minimum atomic E-state index is 0.282. The van der Waals surface area contributed by atoms with E-state index in [1.54, 1.807) is 0 Å². The molecule has 4 heteroatoms. The summed E-state index contributed by atoms with van der Waals surface area (Å²) in [7, 11) is 0. The SMILES string of the molecule is CC(NCC1CCN(C(C)C)C1)c1ccc(Br)o1. The molecule has 18 heavy (non-hydrogen) atoms. The molecule has 2 heterocycles. The minimum Gasteiger partial charge on any atom is -0.453 e. The second-order valence-corrected chi connectivity index (χ2v) is 6.30. The number of nitrogens with one attached hydrogen (secondary N) is 1. The normalized spacial score (nSPS) is 22.8. The molecule has 2 rings (SSSR count). The van der Waals surface area contributed by atoms with E-state index in [4.69, 9.17) is 4.42 Å². The lowest BCUT2D eigenvalue weighted by atomic mass is 10.1. The number of rotatable bonds is 5. The Morgan fingerprint density at radius 2 is 2.22 bits per heavy atom. The van der Waals surface area contributed by atoms with Gasteiger partial charge in [0.05, 0.1) is 6.04 Å². The van der Waals surface area contributed by atoms with Crippen LogP contribution in [0.1, 0.15) is 39.0 Å². The molecule has 2 atom stereocenters. The van der Waals surface area contributed by atoms with Gasteiger partial charge in [0.15, 0.2) is 4.67 Å². The molecule has 0 saturated carbocycles. The van der Waals surface area contributed by atoms with Crippen LogP contribution in [-0.4, -0.2) is 30.6 Å². The van der Waals surface area contributed by atoms with E-state index in [1.165, 1.54) is 19.5 Å². The Bertz CT molecular complexity index is 378. The van der Waals surface area contributed by atoms with Crippen LogP contribution in [0.5, 0.6) is 0 Å². The van der Waals surface area contributed by atoms with Crippen molar-refractivity contribution < 1.29 is 4.42 Å². The largest absolute Gasteiger partial charge is 0.453 e. The number of hydrogen-bond donors (Lipinski definition) is 1. The van der Waals surface area contributed by atoms with Crippen molar-refractivity contribution in [3.05, 3.63) is 22.6 Å². The van der Waals surface area contributed by atoms with Gasteiger partial charge in [0.1, 0.15) is 5.76 Å². The van der Waals surface area contributed by atoms with Crippen LogP contribution in [0, 0.1) is 5.92 Å². The fraction of sp³-hybridized carbons (Fsp3) is 0.714. The summed E-state index contributed by atoms with van der Waals surface area (Å²) >= 11 is 3.34. The van der Waals surface area contributed by atoms with Gasteiger partial charge in [-0.3, -0.25) is 0 Å². The number of nitrogens with zero attached hydrogens (tertiary/aromatic N) is 1. The van der Waals surface area contributed by atoms with Crippen molar-refractivity contribution in [2.24, 2.45) is 5.92 Å². The highest BCUT2D eigenvalue weighted by molar-refractivity contribution is 9.10. The van der Waals surface area contributed by atoms with Crippen LogP contribution in [0.2, 0.25) is 0 Å². The molecule has 0 bridgehead atoms. The maximum atomic E-state index is 5.56. The average molecular weight is 315 g/mol. The highest BCUT2D eigenvalue weighted by atomic mass is 79.9. The molecule has 0 radical (unpaired) electrons. The Morgan fingerprint density at radius 3 is 2.78 bits per heavy atom. The lowest BCUT2D eigenvalue weighted by Gasteiger charge is -2.21. The number of likely N-dealkylation sites (tertiary alicyclic amines) is 1. The maximum absolute atomic E-state index is 5.56. The zero-order valence-corrected chi connectivity index (χ0v) is 13.0. The fourth-order valence-corrected chi connectivity index (χ4v) is 2.82. The molecule has 1 fully saturated rings. The fourth-order valence-electron chi connectivity index (χ4n) is 2.50. The first-order chi connectivity index (χ1) is 8.56. The van der Waals surface area contributed by atoms with Crippen LogP contribution in [-0.2, 0) is 0 Å². The highest BCUT2D eigenvalue weighted by Crippen LogP contribution is 2.22. The van der Waals surface area contributed by atoms with Gasteiger partial charge in [-0.2, -0.15) is 0 Å². The summed E-state index contributed by atoms with van der Waals surface area (Å²) in [6.07, 6.45) is 1.31. The molecule has 0 aliphatic carbocycles. The molecule has 0 aromatic carbocycles. The number of hydrogen-bond acceptors (Lipinski definition) is 3. The molecule has 3 nitrogen and oxygen atoms in total. The molecule has 1 aliphatic heterocycles. The lowest BCUT2D eigenvalue weighted by molar-refractivity contribution is 0.262. The van der Waals surface area contributed by atoms with Crippen molar-refractivity contribution in [3.8, 4) is 0 Å². The molecule has 102 valence electrons. The Morgan fingerprint density at radius 1 is 1.44 bits per heavy atom. The maximum Gasteiger partial charge on any atom is 0.169 e. The van der Waals surface area contributed by atoms with E-state index >= 15 is 0 Å². The van der Waals surface area contributed by atoms with Gasteiger partial charge < -0.3 is 14.6 Å². The van der Waals surface area contributed by atoms with E-state index < -0.39 is 0 Å². The Kier molecular flexibility index (Phi) is 4.87. The molecule has 0 spiro atoms. The molecular weight excluding hydrogens is 292 g/mol.